The molecule has 0 radical (unpaired) electrons. The van der Waals surface area contributed by atoms with Crippen LogP contribution in [0.4, 0.5) is 24.8 Å². The summed E-state index contributed by atoms with van der Waals surface area (Å²) in [6.07, 6.45) is -3.74. The number of alkyl halides is 3. The minimum atomic E-state index is -4.59. The van der Waals surface area contributed by atoms with Crippen molar-refractivity contribution in [1.29, 1.82) is 0 Å². The first-order valence-electron chi connectivity index (χ1n) is 6.42. The lowest BCUT2D eigenvalue weighted by Gasteiger charge is -2.35. The highest BCUT2D eigenvalue weighted by Gasteiger charge is 2.35. The molecule has 20 heavy (non-hydrogen) atoms. The quantitative estimate of drug-likeness (QED) is 0.869. The molecule has 0 aliphatic carbocycles. The van der Waals surface area contributed by atoms with Crippen molar-refractivity contribution in [3.05, 3.63) is 11.9 Å². The third kappa shape index (κ3) is 3.50. The molecule has 1 aliphatic rings. The maximum atomic E-state index is 12.6. The van der Waals surface area contributed by atoms with Crippen LogP contribution in [0, 0.1) is 5.92 Å². The second-order valence-corrected chi connectivity index (χ2v) is 5.28. The summed E-state index contributed by atoms with van der Waals surface area (Å²) in [5.41, 5.74) is 5.42. The average molecular weight is 289 g/mol. The molecule has 2 rings (SSSR count). The molecular weight excluding hydrogens is 271 g/mol. The van der Waals surface area contributed by atoms with Gasteiger partial charge in [-0.1, -0.05) is 6.92 Å². The molecule has 5 nitrogen and oxygen atoms in total. The summed E-state index contributed by atoms with van der Waals surface area (Å²) in [6.45, 7) is 3.85. The van der Waals surface area contributed by atoms with E-state index in [2.05, 4.69) is 27.1 Å². The average Bonchev–Trinajstić information content (AvgIpc) is 2.31. The number of hydrogen-bond donors (Lipinski definition) is 2. The number of nitrogen functional groups attached to an aromatic ring is 1. The van der Waals surface area contributed by atoms with E-state index in [1.807, 2.05) is 7.05 Å². The normalized spacial score (nSPS) is 24.6. The van der Waals surface area contributed by atoms with E-state index in [9.17, 15) is 13.2 Å². The van der Waals surface area contributed by atoms with Crippen molar-refractivity contribution >= 4 is 11.6 Å². The molecule has 112 valence electrons. The number of likely N-dealkylation sites (tertiary alicyclic amines) is 1. The van der Waals surface area contributed by atoms with Crippen LogP contribution in [0.5, 0.6) is 0 Å². The van der Waals surface area contributed by atoms with E-state index in [-0.39, 0.29) is 17.7 Å². The lowest BCUT2D eigenvalue weighted by molar-refractivity contribution is -0.144. The van der Waals surface area contributed by atoms with E-state index in [0.717, 1.165) is 19.5 Å². The van der Waals surface area contributed by atoms with Crippen LogP contribution in [0.1, 0.15) is 19.2 Å². The molecule has 1 aliphatic heterocycles. The second-order valence-electron chi connectivity index (χ2n) is 5.28. The summed E-state index contributed by atoms with van der Waals surface area (Å²) in [5, 5.41) is 3.05. The Morgan fingerprint density at radius 3 is 2.70 bits per heavy atom. The van der Waals surface area contributed by atoms with Crippen LogP contribution in [-0.4, -0.2) is 41.0 Å². The maximum Gasteiger partial charge on any atom is 0.451 e. The van der Waals surface area contributed by atoms with Gasteiger partial charge in [0.2, 0.25) is 5.82 Å². The number of hydrogen-bond acceptors (Lipinski definition) is 5. The number of rotatable bonds is 2. The monoisotopic (exact) mass is 289 g/mol. The molecular formula is C12H18F3N5. The summed E-state index contributed by atoms with van der Waals surface area (Å²) >= 11 is 0. The topological polar surface area (TPSA) is 67.1 Å². The zero-order valence-corrected chi connectivity index (χ0v) is 11.4. The third-order valence-electron chi connectivity index (χ3n) is 3.44. The van der Waals surface area contributed by atoms with Gasteiger partial charge in [0.1, 0.15) is 11.6 Å². The van der Waals surface area contributed by atoms with Crippen LogP contribution < -0.4 is 11.1 Å². The molecule has 1 saturated heterocycles. The fourth-order valence-electron chi connectivity index (χ4n) is 2.43. The highest BCUT2D eigenvalue weighted by molar-refractivity contribution is 5.45. The van der Waals surface area contributed by atoms with Crippen LogP contribution in [-0.2, 0) is 6.18 Å². The number of halogens is 3. The van der Waals surface area contributed by atoms with Gasteiger partial charge in [0.25, 0.3) is 0 Å². The maximum absolute atomic E-state index is 12.6. The van der Waals surface area contributed by atoms with Crippen LogP contribution in [0.3, 0.4) is 0 Å². The number of aromatic nitrogens is 2. The minimum Gasteiger partial charge on any atom is -0.384 e. The first-order valence-corrected chi connectivity index (χ1v) is 6.42. The Kier molecular flexibility index (Phi) is 4.03. The van der Waals surface area contributed by atoms with Gasteiger partial charge < -0.3 is 16.0 Å². The van der Waals surface area contributed by atoms with E-state index in [1.165, 1.54) is 6.07 Å². The largest absolute Gasteiger partial charge is 0.451 e. The van der Waals surface area contributed by atoms with Gasteiger partial charge in [-0.15, -0.1) is 0 Å². The zero-order valence-electron chi connectivity index (χ0n) is 11.4. The summed E-state index contributed by atoms with van der Waals surface area (Å²) in [5.74, 6) is -0.943. The highest BCUT2D eigenvalue weighted by atomic mass is 19.4. The van der Waals surface area contributed by atoms with Crippen molar-refractivity contribution in [3.8, 4) is 0 Å². The first-order chi connectivity index (χ1) is 9.25. The predicted octanol–water partition coefficient (Wildman–Crippen LogP) is 1.83. The van der Waals surface area contributed by atoms with E-state index in [4.69, 9.17) is 5.73 Å². The van der Waals surface area contributed by atoms with E-state index in [1.54, 1.807) is 0 Å². The minimum absolute atomic E-state index is 0.0848. The lowest BCUT2D eigenvalue weighted by Crippen LogP contribution is -2.43. The number of anilines is 2. The van der Waals surface area contributed by atoms with Gasteiger partial charge in [-0.25, -0.2) is 9.97 Å². The number of piperidine rings is 1. The van der Waals surface area contributed by atoms with Gasteiger partial charge in [0.15, 0.2) is 0 Å². The van der Waals surface area contributed by atoms with Crippen molar-refractivity contribution in [2.24, 2.45) is 5.92 Å². The molecule has 3 N–H and O–H groups in total. The van der Waals surface area contributed by atoms with Crippen molar-refractivity contribution < 1.29 is 13.2 Å². The van der Waals surface area contributed by atoms with Crippen LogP contribution in [0.15, 0.2) is 6.07 Å². The summed E-state index contributed by atoms with van der Waals surface area (Å²) in [7, 11) is 2.02. The van der Waals surface area contributed by atoms with Gasteiger partial charge in [0, 0.05) is 18.7 Å². The molecule has 2 heterocycles. The zero-order chi connectivity index (χ0) is 14.9. The summed E-state index contributed by atoms with van der Waals surface area (Å²) < 4.78 is 37.9. The number of nitrogens with one attached hydrogen (secondary N) is 1. The summed E-state index contributed by atoms with van der Waals surface area (Å²) in [6, 6.07) is 1.42. The molecule has 0 amide bonds. The smallest absolute Gasteiger partial charge is 0.384 e. The Labute approximate surface area is 115 Å². The van der Waals surface area contributed by atoms with Gasteiger partial charge in [0.05, 0.1) is 0 Å². The van der Waals surface area contributed by atoms with Crippen LogP contribution in [0.2, 0.25) is 0 Å². The Balaban J connectivity index is 2.15. The van der Waals surface area contributed by atoms with Crippen LogP contribution >= 0.6 is 0 Å². The Morgan fingerprint density at radius 1 is 1.40 bits per heavy atom. The molecule has 0 saturated carbocycles. The van der Waals surface area contributed by atoms with Gasteiger partial charge in [-0.05, 0) is 25.9 Å². The van der Waals surface area contributed by atoms with Crippen molar-refractivity contribution in [2.45, 2.75) is 25.6 Å². The SMILES string of the molecule is CC1CN(C)CCC1Nc1cc(N)nc(C(F)(F)F)n1. The molecule has 1 aromatic heterocycles. The molecule has 2 unspecified atom stereocenters. The molecule has 0 spiro atoms. The lowest BCUT2D eigenvalue weighted by atomic mass is 9.94. The van der Waals surface area contributed by atoms with E-state index >= 15 is 0 Å². The second kappa shape index (κ2) is 5.43. The third-order valence-corrected chi connectivity index (χ3v) is 3.44. The molecule has 0 aromatic carbocycles. The van der Waals surface area contributed by atoms with E-state index < -0.39 is 12.0 Å². The van der Waals surface area contributed by atoms with E-state index in [0.29, 0.717) is 5.92 Å². The number of nitrogens with two attached hydrogens (primary N) is 1. The Bertz CT molecular complexity index is 477. The predicted molar refractivity (Wildman–Crippen MR) is 70.1 cm³/mol. The number of nitrogens with zero attached hydrogens (tertiary/aromatic N) is 3. The van der Waals surface area contributed by atoms with Gasteiger partial charge >= 0.3 is 6.18 Å². The van der Waals surface area contributed by atoms with Crippen molar-refractivity contribution in [2.75, 3.05) is 31.2 Å². The molecule has 1 aromatic rings. The summed E-state index contributed by atoms with van der Waals surface area (Å²) in [4.78, 5) is 8.93. The Morgan fingerprint density at radius 2 is 2.10 bits per heavy atom. The fourth-order valence-corrected chi connectivity index (χ4v) is 2.43. The van der Waals surface area contributed by atoms with Gasteiger partial charge in [-0.3, -0.25) is 0 Å². The molecule has 1 fully saturated rings. The fraction of sp³-hybridized carbons (Fsp3) is 0.667. The standard InChI is InChI=1S/C12H18F3N5/c1-7-6-20(2)4-3-8(7)17-10-5-9(16)18-11(19-10)12(13,14)15/h5,7-8H,3-4,6H2,1-2H3,(H3,16,17,18,19). The first kappa shape index (κ1) is 14.8. The molecule has 2 atom stereocenters. The highest BCUT2D eigenvalue weighted by Crippen LogP contribution is 2.28. The van der Waals surface area contributed by atoms with Crippen molar-refractivity contribution in [3.63, 3.8) is 0 Å². The Hall–Kier alpha value is -1.57. The molecule has 8 heteroatoms. The van der Waals surface area contributed by atoms with Crippen molar-refractivity contribution in [1.82, 2.24) is 14.9 Å². The molecule has 0 bridgehead atoms. The van der Waals surface area contributed by atoms with Gasteiger partial charge in [-0.2, -0.15) is 13.2 Å². The van der Waals surface area contributed by atoms with Crippen LogP contribution in [0.25, 0.3) is 0 Å².